The second-order valence-electron chi connectivity index (χ2n) is 6.60. The van der Waals surface area contributed by atoms with Crippen LogP contribution in [0.3, 0.4) is 0 Å². The predicted octanol–water partition coefficient (Wildman–Crippen LogP) is 2.94. The zero-order valence-corrected chi connectivity index (χ0v) is 14.0. The van der Waals surface area contributed by atoms with Crippen LogP contribution in [0.15, 0.2) is 18.2 Å². The molecule has 1 fully saturated rings. The molecular weight excluding hydrogens is 290 g/mol. The Labute approximate surface area is 138 Å². The number of benzene rings is 1. The summed E-state index contributed by atoms with van der Waals surface area (Å²) in [4.78, 5) is 12.1. The fourth-order valence-corrected chi connectivity index (χ4v) is 3.42. The lowest BCUT2D eigenvalue weighted by atomic mass is 10.0. The van der Waals surface area contributed by atoms with Crippen LogP contribution in [0.4, 0.5) is 0 Å². The number of fused-ring (bicyclic) bond motifs is 1. The van der Waals surface area contributed by atoms with Crippen LogP contribution in [0, 0.1) is 0 Å². The lowest BCUT2D eigenvalue weighted by molar-refractivity contribution is -0.123. The first-order valence-corrected chi connectivity index (χ1v) is 8.83. The average molecular weight is 317 g/mol. The zero-order valence-electron chi connectivity index (χ0n) is 14.0. The van der Waals surface area contributed by atoms with Crippen molar-refractivity contribution in [3.05, 3.63) is 34.9 Å². The van der Waals surface area contributed by atoms with Gasteiger partial charge >= 0.3 is 0 Å². The van der Waals surface area contributed by atoms with Gasteiger partial charge in [0.05, 0.1) is 18.8 Å². The minimum Gasteiger partial charge on any atom is -0.381 e. The summed E-state index contributed by atoms with van der Waals surface area (Å²) in [6.45, 7) is 4.08. The normalized spacial score (nSPS) is 19.3. The molecule has 1 heterocycles. The number of nitrogens with one attached hydrogen (secondary N) is 1. The van der Waals surface area contributed by atoms with E-state index >= 15 is 0 Å². The highest BCUT2D eigenvalue weighted by atomic mass is 16.5. The topological polar surface area (TPSA) is 47.6 Å². The predicted molar refractivity (Wildman–Crippen MR) is 89.4 cm³/mol. The summed E-state index contributed by atoms with van der Waals surface area (Å²) in [6.07, 6.45) is 6.17. The standard InChI is InChI=1S/C19H27NO3/c1-14(16-6-5-15-3-2-4-17(15)13-16)20-19(21)9-12-23-18-7-10-22-11-8-18/h5-6,13-14,18H,2-4,7-12H2,1H3,(H,20,21). The third-order valence-corrected chi connectivity index (χ3v) is 4.85. The van der Waals surface area contributed by atoms with Gasteiger partial charge in [-0.05, 0) is 55.7 Å². The number of aryl methyl sites for hydroxylation is 2. The molecule has 3 rings (SSSR count). The maximum atomic E-state index is 12.1. The van der Waals surface area contributed by atoms with Gasteiger partial charge in [0.2, 0.25) is 5.91 Å². The lowest BCUT2D eigenvalue weighted by Crippen LogP contribution is -2.29. The summed E-state index contributed by atoms with van der Waals surface area (Å²) in [5.74, 6) is 0.0602. The fourth-order valence-electron chi connectivity index (χ4n) is 3.42. The van der Waals surface area contributed by atoms with Crippen LogP contribution in [-0.2, 0) is 27.1 Å². The number of amides is 1. The van der Waals surface area contributed by atoms with E-state index in [1.165, 1.54) is 36.0 Å². The monoisotopic (exact) mass is 317 g/mol. The number of ether oxygens (including phenoxy) is 2. The van der Waals surface area contributed by atoms with E-state index in [-0.39, 0.29) is 18.1 Å². The summed E-state index contributed by atoms with van der Waals surface area (Å²) in [6, 6.07) is 6.67. The van der Waals surface area contributed by atoms with E-state index in [0.717, 1.165) is 26.1 Å². The van der Waals surface area contributed by atoms with E-state index in [2.05, 4.69) is 23.5 Å². The molecule has 126 valence electrons. The highest BCUT2D eigenvalue weighted by Crippen LogP contribution is 2.25. The first-order chi connectivity index (χ1) is 11.2. The number of carbonyl (C=O) groups excluding carboxylic acids is 1. The first kappa shape index (κ1) is 16.5. The molecule has 1 saturated heterocycles. The zero-order chi connectivity index (χ0) is 16.1. The molecule has 0 aromatic heterocycles. The van der Waals surface area contributed by atoms with Crippen molar-refractivity contribution in [1.29, 1.82) is 0 Å². The van der Waals surface area contributed by atoms with Gasteiger partial charge in [-0.3, -0.25) is 4.79 Å². The molecule has 1 unspecified atom stereocenters. The minimum absolute atomic E-state index is 0.0523. The van der Waals surface area contributed by atoms with Crippen LogP contribution >= 0.6 is 0 Å². The van der Waals surface area contributed by atoms with Crippen LogP contribution in [0.5, 0.6) is 0 Å². The van der Waals surface area contributed by atoms with Crippen molar-refractivity contribution in [3.8, 4) is 0 Å². The maximum Gasteiger partial charge on any atom is 0.222 e. The molecule has 1 aromatic rings. The number of carbonyl (C=O) groups is 1. The van der Waals surface area contributed by atoms with Crippen molar-refractivity contribution in [1.82, 2.24) is 5.32 Å². The second kappa shape index (κ2) is 7.93. The van der Waals surface area contributed by atoms with Crippen LogP contribution in [0.25, 0.3) is 0 Å². The van der Waals surface area contributed by atoms with Gasteiger partial charge in [0.25, 0.3) is 0 Å². The van der Waals surface area contributed by atoms with Crippen molar-refractivity contribution in [2.45, 2.75) is 57.6 Å². The average Bonchev–Trinajstić information content (AvgIpc) is 3.03. The smallest absolute Gasteiger partial charge is 0.222 e. The Bertz CT molecular complexity index is 537. The van der Waals surface area contributed by atoms with E-state index in [1.807, 2.05) is 6.92 Å². The molecule has 1 aliphatic carbocycles. The Kier molecular flexibility index (Phi) is 5.68. The van der Waals surface area contributed by atoms with E-state index in [9.17, 15) is 4.79 Å². The van der Waals surface area contributed by atoms with Gasteiger partial charge in [-0.25, -0.2) is 0 Å². The Morgan fingerprint density at radius 3 is 2.91 bits per heavy atom. The summed E-state index contributed by atoms with van der Waals surface area (Å²) < 4.78 is 11.1. The summed E-state index contributed by atoms with van der Waals surface area (Å²) in [7, 11) is 0. The third-order valence-electron chi connectivity index (χ3n) is 4.85. The molecule has 1 atom stereocenters. The van der Waals surface area contributed by atoms with E-state index in [1.54, 1.807) is 0 Å². The van der Waals surface area contributed by atoms with E-state index in [0.29, 0.717) is 13.0 Å². The van der Waals surface area contributed by atoms with Gasteiger partial charge in [0, 0.05) is 19.6 Å². The van der Waals surface area contributed by atoms with Crippen molar-refractivity contribution < 1.29 is 14.3 Å². The van der Waals surface area contributed by atoms with Gasteiger partial charge in [-0.15, -0.1) is 0 Å². The van der Waals surface area contributed by atoms with Crippen LogP contribution in [0.1, 0.15) is 55.3 Å². The van der Waals surface area contributed by atoms with Crippen molar-refractivity contribution in [3.63, 3.8) is 0 Å². The molecule has 1 amide bonds. The molecule has 1 N–H and O–H groups in total. The second-order valence-corrected chi connectivity index (χ2v) is 6.60. The SMILES string of the molecule is CC(NC(=O)CCOC1CCOCC1)c1ccc2c(c1)CCC2. The largest absolute Gasteiger partial charge is 0.381 e. The van der Waals surface area contributed by atoms with Crippen LogP contribution < -0.4 is 5.32 Å². The maximum absolute atomic E-state index is 12.1. The molecule has 1 aliphatic heterocycles. The summed E-state index contributed by atoms with van der Waals surface area (Å²) >= 11 is 0. The molecule has 2 aliphatic rings. The molecule has 23 heavy (non-hydrogen) atoms. The van der Waals surface area contributed by atoms with Crippen LogP contribution in [0.2, 0.25) is 0 Å². The Balaban J connectivity index is 1.42. The highest BCUT2D eigenvalue weighted by molar-refractivity contribution is 5.76. The molecule has 0 bridgehead atoms. The van der Waals surface area contributed by atoms with Gasteiger partial charge in [0.15, 0.2) is 0 Å². The number of rotatable bonds is 6. The molecular formula is C19H27NO3. The van der Waals surface area contributed by atoms with Gasteiger partial charge in [-0.2, -0.15) is 0 Å². The minimum atomic E-state index is 0.0523. The Morgan fingerprint density at radius 2 is 2.09 bits per heavy atom. The molecule has 4 nitrogen and oxygen atoms in total. The summed E-state index contributed by atoms with van der Waals surface area (Å²) in [5.41, 5.74) is 4.12. The van der Waals surface area contributed by atoms with E-state index < -0.39 is 0 Å². The first-order valence-electron chi connectivity index (χ1n) is 8.83. The Morgan fingerprint density at radius 1 is 1.30 bits per heavy atom. The van der Waals surface area contributed by atoms with E-state index in [4.69, 9.17) is 9.47 Å². The number of hydrogen-bond donors (Lipinski definition) is 1. The highest BCUT2D eigenvalue weighted by Gasteiger charge is 2.16. The lowest BCUT2D eigenvalue weighted by Gasteiger charge is -2.22. The van der Waals surface area contributed by atoms with Crippen LogP contribution in [-0.4, -0.2) is 31.8 Å². The quantitative estimate of drug-likeness (QED) is 0.877. The third kappa shape index (κ3) is 4.55. The molecule has 0 radical (unpaired) electrons. The van der Waals surface area contributed by atoms with Gasteiger partial charge in [0.1, 0.15) is 0 Å². The van der Waals surface area contributed by atoms with Crippen molar-refractivity contribution in [2.24, 2.45) is 0 Å². The molecule has 0 spiro atoms. The van der Waals surface area contributed by atoms with Crippen molar-refractivity contribution >= 4 is 5.91 Å². The van der Waals surface area contributed by atoms with Gasteiger partial charge < -0.3 is 14.8 Å². The molecule has 4 heteroatoms. The fraction of sp³-hybridized carbons (Fsp3) is 0.632. The van der Waals surface area contributed by atoms with Crippen molar-refractivity contribution in [2.75, 3.05) is 19.8 Å². The Hall–Kier alpha value is -1.39. The molecule has 1 aromatic carbocycles. The van der Waals surface area contributed by atoms with Gasteiger partial charge in [-0.1, -0.05) is 18.2 Å². The molecule has 0 saturated carbocycles. The summed E-state index contributed by atoms with van der Waals surface area (Å²) in [5, 5.41) is 3.08. The number of hydrogen-bond acceptors (Lipinski definition) is 3.